The first-order valence-corrected chi connectivity index (χ1v) is 5.76. The Balaban J connectivity index is 2.49. The molecule has 3 N–H and O–H groups in total. The molecule has 1 rings (SSSR count). The number of hydrogen-bond donors (Lipinski definition) is 3. The highest BCUT2D eigenvalue weighted by Crippen LogP contribution is 2.39. The predicted octanol–water partition coefficient (Wildman–Crippen LogP) is -1.36. The van der Waals surface area contributed by atoms with Gasteiger partial charge in [0, 0.05) is 13.7 Å². The average Bonchev–Trinajstić information content (AvgIpc) is 2.49. The fraction of sp³-hybridized carbons (Fsp3) is 1.00. The number of rotatable bonds is 6. The van der Waals surface area contributed by atoms with Gasteiger partial charge < -0.3 is 33.7 Å². The van der Waals surface area contributed by atoms with Crippen LogP contribution in [0.25, 0.3) is 0 Å². The normalized spacial score (nSPS) is 26.5. The Morgan fingerprint density at radius 3 is 2.22 bits per heavy atom. The highest BCUT2D eigenvalue weighted by molar-refractivity contribution is 7.08. The maximum absolute atomic E-state index is 9.09. The Morgan fingerprint density at radius 2 is 1.78 bits per heavy atom. The lowest BCUT2D eigenvalue weighted by Gasteiger charge is -2.36. The van der Waals surface area contributed by atoms with Gasteiger partial charge in [-0.25, -0.2) is 0 Å². The second-order valence-electron chi connectivity index (χ2n) is 4.93. The molecule has 0 spiro atoms. The fourth-order valence-electron chi connectivity index (χ4n) is 1.66. The van der Waals surface area contributed by atoms with Gasteiger partial charge in [0.1, 0.15) is 0 Å². The standard InChI is InChI=1S/C8H19B3O7/c1-7(2)8(3,18-11(15-4)17-7)5-6-16-10(14)9(12)13/h12-14H,5-6H2,1-4H3. The largest absolute Gasteiger partial charge is 0.640 e. The molecule has 7 nitrogen and oxygen atoms in total. The van der Waals surface area contributed by atoms with E-state index in [1.807, 2.05) is 20.8 Å². The summed E-state index contributed by atoms with van der Waals surface area (Å²) in [7, 11) is -2.80. The maximum atomic E-state index is 9.09. The van der Waals surface area contributed by atoms with Crippen molar-refractivity contribution in [3.05, 3.63) is 0 Å². The smallest absolute Gasteiger partial charge is 0.429 e. The van der Waals surface area contributed by atoms with Crippen molar-refractivity contribution >= 4 is 21.3 Å². The minimum atomic E-state index is -1.92. The lowest BCUT2D eigenvalue weighted by Crippen LogP contribution is -2.47. The molecule has 10 heteroatoms. The first kappa shape index (κ1) is 16.0. The van der Waals surface area contributed by atoms with Crippen LogP contribution in [0.5, 0.6) is 0 Å². The van der Waals surface area contributed by atoms with Crippen LogP contribution in [0, 0.1) is 0 Å². The molecule has 0 radical (unpaired) electrons. The highest BCUT2D eigenvalue weighted by atomic mass is 16.8. The number of hydrogen-bond acceptors (Lipinski definition) is 7. The van der Waals surface area contributed by atoms with Gasteiger partial charge in [-0.2, -0.15) is 0 Å². The second kappa shape index (κ2) is 5.91. The van der Waals surface area contributed by atoms with Crippen molar-refractivity contribution in [2.45, 2.75) is 38.4 Å². The van der Waals surface area contributed by atoms with Crippen LogP contribution in [0.2, 0.25) is 0 Å². The maximum Gasteiger partial charge on any atom is 0.640 e. The summed E-state index contributed by atoms with van der Waals surface area (Å²) in [5.74, 6) is 0. The van der Waals surface area contributed by atoms with Gasteiger partial charge in [-0.3, -0.25) is 0 Å². The predicted molar refractivity (Wildman–Crippen MR) is 66.2 cm³/mol. The Labute approximate surface area is 108 Å². The van der Waals surface area contributed by atoms with Crippen molar-refractivity contribution in [2.75, 3.05) is 13.7 Å². The Morgan fingerprint density at radius 1 is 1.17 bits per heavy atom. The van der Waals surface area contributed by atoms with E-state index in [0.29, 0.717) is 6.42 Å². The third-order valence-electron chi connectivity index (χ3n) is 3.34. The molecule has 1 unspecified atom stereocenters. The van der Waals surface area contributed by atoms with Crippen LogP contribution in [-0.4, -0.2) is 61.3 Å². The molecule has 0 amide bonds. The molecule has 0 aromatic rings. The molecule has 0 saturated carbocycles. The molecule has 0 aromatic carbocycles. The molecule has 102 valence electrons. The summed E-state index contributed by atoms with van der Waals surface area (Å²) in [4.78, 5) is 0. The van der Waals surface area contributed by atoms with Gasteiger partial charge in [-0.1, -0.05) is 0 Å². The van der Waals surface area contributed by atoms with Crippen LogP contribution in [0.3, 0.4) is 0 Å². The molecule has 1 aliphatic heterocycles. The lowest BCUT2D eigenvalue weighted by molar-refractivity contribution is -0.0247. The van der Waals surface area contributed by atoms with Gasteiger partial charge in [0.15, 0.2) is 0 Å². The fourth-order valence-corrected chi connectivity index (χ4v) is 1.66. The third kappa shape index (κ3) is 3.48. The summed E-state index contributed by atoms with van der Waals surface area (Å²) in [6.07, 6.45) is 0.406. The molecule has 1 aliphatic rings. The van der Waals surface area contributed by atoms with Crippen LogP contribution >= 0.6 is 0 Å². The summed E-state index contributed by atoms with van der Waals surface area (Å²) in [5, 5.41) is 26.4. The van der Waals surface area contributed by atoms with E-state index in [9.17, 15) is 0 Å². The minimum Gasteiger partial charge on any atom is -0.429 e. The monoisotopic (exact) mass is 260 g/mol. The first-order chi connectivity index (χ1) is 8.22. The van der Waals surface area contributed by atoms with E-state index in [-0.39, 0.29) is 6.61 Å². The first-order valence-electron chi connectivity index (χ1n) is 5.76. The van der Waals surface area contributed by atoms with Crippen molar-refractivity contribution in [1.82, 2.24) is 0 Å². The second-order valence-corrected chi connectivity index (χ2v) is 4.93. The van der Waals surface area contributed by atoms with Gasteiger partial charge in [0.25, 0.3) is 0 Å². The van der Waals surface area contributed by atoms with Crippen LogP contribution in [0.1, 0.15) is 27.2 Å². The van der Waals surface area contributed by atoms with Crippen molar-refractivity contribution in [2.24, 2.45) is 0 Å². The van der Waals surface area contributed by atoms with Gasteiger partial charge >= 0.3 is 21.3 Å². The lowest BCUT2D eigenvalue weighted by atomic mass is 9.50. The zero-order chi connectivity index (χ0) is 14.0. The van der Waals surface area contributed by atoms with E-state index in [0.717, 1.165) is 0 Å². The molecule has 0 aromatic heterocycles. The van der Waals surface area contributed by atoms with E-state index in [4.69, 9.17) is 33.7 Å². The molecular weight excluding hydrogens is 241 g/mol. The van der Waals surface area contributed by atoms with Crippen LogP contribution in [-0.2, 0) is 18.6 Å². The minimum absolute atomic E-state index is 0.0957. The van der Waals surface area contributed by atoms with Crippen LogP contribution in [0.4, 0.5) is 0 Å². The van der Waals surface area contributed by atoms with Gasteiger partial charge in [-0.15, -0.1) is 0 Å². The Bertz CT molecular complexity index is 277. The van der Waals surface area contributed by atoms with Crippen molar-refractivity contribution in [3.8, 4) is 0 Å². The van der Waals surface area contributed by atoms with Gasteiger partial charge in [-0.05, 0) is 27.2 Å². The molecule has 18 heavy (non-hydrogen) atoms. The zero-order valence-electron chi connectivity index (χ0n) is 11.1. The van der Waals surface area contributed by atoms with E-state index >= 15 is 0 Å². The van der Waals surface area contributed by atoms with E-state index < -0.39 is 32.5 Å². The summed E-state index contributed by atoms with van der Waals surface area (Å²) < 4.78 is 21.0. The molecule has 0 aliphatic carbocycles. The van der Waals surface area contributed by atoms with Crippen LogP contribution in [0.15, 0.2) is 0 Å². The Hall–Kier alpha value is -0.0852. The van der Waals surface area contributed by atoms with Gasteiger partial charge in [0.05, 0.1) is 11.2 Å². The third-order valence-corrected chi connectivity index (χ3v) is 3.34. The zero-order valence-corrected chi connectivity index (χ0v) is 11.1. The topological polar surface area (TPSA) is 97.6 Å². The molecule has 1 fully saturated rings. The summed E-state index contributed by atoms with van der Waals surface area (Å²) in [6, 6.07) is 0. The highest BCUT2D eigenvalue weighted by Gasteiger charge is 2.55. The molecule has 0 bridgehead atoms. The average molecular weight is 260 g/mol. The van der Waals surface area contributed by atoms with E-state index in [1.54, 1.807) is 0 Å². The van der Waals surface area contributed by atoms with Crippen molar-refractivity contribution in [1.29, 1.82) is 0 Å². The van der Waals surface area contributed by atoms with E-state index in [1.165, 1.54) is 7.11 Å². The molecule has 1 atom stereocenters. The quantitative estimate of drug-likeness (QED) is 0.507. The molecule has 1 heterocycles. The van der Waals surface area contributed by atoms with Crippen molar-refractivity contribution < 1.29 is 33.7 Å². The molecule has 1 saturated heterocycles. The van der Waals surface area contributed by atoms with Gasteiger partial charge in [0.2, 0.25) is 0 Å². The summed E-state index contributed by atoms with van der Waals surface area (Å²) in [6.45, 7) is 5.67. The van der Waals surface area contributed by atoms with Crippen LogP contribution < -0.4 is 0 Å². The summed E-state index contributed by atoms with van der Waals surface area (Å²) >= 11 is 0. The van der Waals surface area contributed by atoms with Crippen molar-refractivity contribution in [3.63, 3.8) is 0 Å². The molecular formula is C8H19B3O7. The SMILES string of the molecule is COB1OC(C)(C)C(C)(CCOB(O)B(O)O)O1. The van der Waals surface area contributed by atoms with E-state index in [2.05, 4.69) is 0 Å². The Kier molecular flexibility index (Phi) is 5.25. The summed E-state index contributed by atoms with van der Waals surface area (Å²) in [5.41, 5.74) is -1.24.